The van der Waals surface area contributed by atoms with E-state index in [2.05, 4.69) is 26.6 Å². The third-order valence-electron chi connectivity index (χ3n) is 17.1. The van der Waals surface area contributed by atoms with Crippen LogP contribution in [0.2, 0.25) is 0 Å². The number of amides is 12. The lowest BCUT2D eigenvalue weighted by Gasteiger charge is -2.41. The van der Waals surface area contributed by atoms with Crippen LogP contribution in [0.4, 0.5) is 0 Å². The summed E-state index contributed by atoms with van der Waals surface area (Å²) in [6.45, 7) is 30.2. The van der Waals surface area contributed by atoms with Gasteiger partial charge in [0.25, 0.3) is 0 Å². The van der Waals surface area contributed by atoms with Crippen LogP contribution in [-0.2, 0) is 57.5 Å². The van der Waals surface area contributed by atoms with E-state index in [4.69, 9.17) is 0 Å². The zero-order valence-corrected chi connectivity index (χ0v) is 59.5. The highest BCUT2D eigenvalue weighted by Gasteiger charge is 2.44. The third kappa shape index (κ3) is 25.0. The molecule has 1 heterocycles. The van der Waals surface area contributed by atoms with Gasteiger partial charge in [0.05, 0.1) is 6.54 Å². The second-order valence-corrected chi connectivity index (χ2v) is 27.9. The van der Waals surface area contributed by atoms with E-state index in [0.717, 1.165) is 25.7 Å². The summed E-state index contributed by atoms with van der Waals surface area (Å²) in [6, 6.07) is -11.6. The molecular formula is C66H120N12O12. The fourth-order valence-corrected chi connectivity index (χ4v) is 11.5. The second-order valence-electron chi connectivity index (χ2n) is 27.9. The van der Waals surface area contributed by atoms with Gasteiger partial charge in [0.15, 0.2) is 0 Å². The van der Waals surface area contributed by atoms with Crippen molar-refractivity contribution >= 4 is 70.9 Å². The lowest BCUT2D eigenvalue weighted by atomic mass is 9.92. The van der Waals surface area contributed by atoms with Gasteiger partial charge < -0.3 is 60.9 Å². The normalized spacial score (nSPS) is 25.5. The zero-order chi connectivity index (χ0) is 69.5. The van der Waals surface area contributed by atoms with E-state index in [-0.39, 0.29) is 74.0 Å². The number of unbranched alkanes of at least 4 members (excludes halogenated alkanes) is 3. The predicted octanol–water partition coefficient (Wildman–Crippen LogP) is 4.42. The SMILES string of the molecule is CC[C@H]1NC(=O)[C@@H](C[C@H](C)CCCCCCNC(C)=O)N(C)C(=O)[C@@H](C(C)C)N(C)C(=O)[C@@H](CC(C)C)N(C)C(=O)[C@H](CC(C)C)N(C)C(=O)[C@H](C)NC(=O)[C@@H](C)NC(=O)[C@@H](CC(C)C)N(C)C(=O)[C@@H](C(C)C)NC(=O)[C@H](CC(C)C)N(C)C(=O)CN(C)C1=O. The average molecular weight is 1270 g/mol. The van der Waals surface area contributed by atoms with Crippen molar-refractivity contribution in [3.8, 4) is 0 Å². The molecule has 24 nitrogen and oxygen atoms in total. The minimum absolute atomic E-state index is 0.0961. The van der Waals surface area contributed by atoms with Gasteiger partial charge >= 0.3 is 0 Å². The highest BCUT2D eigenvalue weighted by Crippen LogP contribution is 2.26. The molecule has 11 atom stereocenters. The van der Waals surface area contributed by atoms with Crippen LogP contribution in [-0.4, -0.2) is 228 Å². The fourth-order valence-electron chi connectivity index (χ4n) is 11.5. The van der Waals surface area contributed by atoms with Gasteiger partial charge in [-0.25, -0.2) is 0 Å². The summed E-state index contributed by atoms with van der Waals surface area (Å²) in [5.41, 5.74) is 0. The van der Waals surface area contributed by atoms with E-state index < -0.39 is 144 Å². The molecule has 1 aliphatic heterocycles. The molecule has 1 rings (SSSR count). The van der Waals surface area contributed by atoms with Gasteiger partial charge in [-0.1, -0.05) is 123 Å². The van der Waals surface area contributed by atoms with Gasteiger partial charge in [0, 0.05) is 62.8 Å². The molecule has 90 heavy (non-hydrogen) atoms. The van der Waals surface area contributed by atoms with Crippen LogP contribution in [0, 0.1) is 41.4 Å². The van der Waals surface area contributed by atoms with Crippen LogP contribution in [0.1, 0.15) is 188 Å². The standard InChI is InChI=1S/C66H120N12O12/c1-25-48-62(86)72(18)37-54(80)73(19)49(32-38(2)3)60(84)71-55(42(10)11)65(89)74(20)50(33-39(4)5)58(82)68-45(15)57(81)69-46(16)61(85)76(22)52(34-40(6)7)63(87)77(23)53(35-41(8)9)64(88)78(24)56(43(12)13)66(90)75(21)51(59(83)70-48)36-44(14)30-28-26-27-29-31-67-47(17)79/h38-46,48-53,55-56H,25-37H2,1-24H3,(H,67,79)(H,68,82)(H,69,81)(H,70,83)(H,71,84)/t44-,45-,46+,48-,49+,50-,51-,52+,53-,55-,56-/m1/s1. The minimum Gasteiger partial charge on any atom is -0.356 e. The van der Waals surface area contributed by atoms with Crippen molar-refractivity contribution in [2.24, 2.45) is 41.4 Å². The van der Waals surface area contributed by atoms with Crippen LogP contribution >= 0.6 is 0 Å². The number of hydrogen-bond acceptors (Lipinski definition) is 12. The number of nitrogens with zero attached hydrogens (tertiary/aromatic N) is 7. The van der Waals surface area contributed by atoms with Gasteiger partial charge in [-0.05, 0) is 100 Å². The lowest BCUT2D eigenvalue weighted by molar-refractivity contribution is -0.156. The fraction of sp³-hybridized carbons (Fsp3) is 0.818. The average Bonchev–Trinajstić information content (AvgIpc) is 0.904. The van der Waals surface area contributed by atoms with Crippen molar-refractivity contribution in [1.82, 2.24) is 60.9 Å². The van der Waals surface area contributed by atoms with Crippen molar-refractivity contribution < 1.29 is 57.5 Å². The van der Waals surface area contributed by atoms with E-state index >= 15 is 14.4 Å². The highest BCUT2D eigenvalue weighted by molar-refractivity contribution is 5.99. The Morgan fingerprint density at radius 3 is 1.33 bits per heavy atom. The van der Waals surface area contributed by atoms with Crippen molar-refractivity contribution in [2.45, 2.75) is 249 Å². The van der Waals surface area contributed by atoms with Crippen molar-refractivity contribution in [1.29, 1.82) is 0 Å². The number of hydrogen-bond donors (Lipinski definition) is 5. The molecule has 0 aliphatic carbocycles. The van der Waals surface area contributed by atoms with Crippen LogP contribution in [0.25, 0.3) is 0 Å². The lowest BCUT2D eigenvalue weighted by Crippen LogP contribution is -2.61. The Bertz CT molecular complexity index is 2420. The van der Waals surface area contributed by atoms with Crippen LogP contribution in [0.5, 0.6) is 0 Å². The van der Waals surface area contributed by atoms with E-state index in [9.17, 15) is 43.2 Å². The maximum absolute atomic E-state index is 15.3. The maximum Gasteiger partial charge on any atom is 0.246 e. The quantitative estimate of drug-likeness (QED) is 0.106. The summed E-state index contributed by atoms with van der Waals surface area (Å²) in [5, 5.41) is 14.0. The smallest absolute Gasteiger partial charge is 0.246 e. The summed E-state index contributed by atoms with van der Waals surface area (Å²) in [7, 11) is 10.3. The number of carbonyl (C=O) groups is 12. The topological polar surface area (TPSA) is 288 Å². The number of rotatable bonds is 20. The summed E-state index contributed by atoms with van der Waals surface area (Å²) < 4.78 is 0. The van der Waals surface area contributed by atoms with Crippen molar-refractivity contribution in [3.05, 3.63) is 0 Å². The molecule has 1 fully saturated rings. The molecule has 5 N–H and O–H groups in total. The summed E-state index contributed by atoms with van der Waals surface area (Å²) in [6.07, 6.45) is 4.98. The highest BCUT2D eigenvalue weighted by atomic mass is 16.2. The number of nitrogens with one attached hydrogen (secondary N) is 5. The number of likely N-dealkylation sites (N-methyl/N-ethyl adjacent to an activating group) is 7. The third-order valence-corrected chi connectivity index (χ3v) is 17.1. The summed E-state index contributed by atoms with van der Waals surface area (Å²) >= 11 is 0. The first kappa shape index (κ1) is 81.7. The molecule has 0 bridgehead atoms. The van der Waals surface area contributed by atoms with Crippen LogP contribution in [0.15, 0.2) is 0 Å². The zero-order valence-electron chi connectivity index (χ0n) is 59.5. The van der Waals surface area contributed by atoms with Crippen LogP contribution in [0.3, 0.4) is 0 Å². The Morgan fingerprint density at radius 2 is 0.856 bits per heavy atom. The largest absolute Gasteiger partial charge is 0.356 e. The Hall–Kier alpha value is -6.36. The molecule has 0 spiro atoms. The molecule has 1 saturated heterocycles. The van der Waals surface area contributed by atoms with Gasteiger partial charge in [0.2, 0.25) is 70.9 Å². The van der Waals surface area contributed by atoms with Crippen LogP contribution < -0.4 is 26.6 Å². The summed E-state index contributed by atoms with van der Waals surface area (Å²) in [5.74, 6) is -8.53. The Labute approximate surface area is 539 Å². The Kier molecular flexibility index (Phi) is 34.9. The molecule has 12 amide bonds. The summed E-state index contributed by atoms with van der Waals surface area (Å²) in [4.78, 5) is 181. The molecule has 1 aliphatic rings. The van der Waals surface area contributed by atoms with Gasteiger partial charge in [-0.2, -0.15) is 0 Å². The molecule has 0 radical (unpaired) electrons. The first-order valence-corrected chi connectivity index (χ1v) is 32.9. The monoisotopic (exact) mass is 1270 g/mol. The van der Waals surface area contributed by atoms with Gasteiger partial charge in [0.1, 0.15) is 60.4 Å². The van der Waals surface area contributed by atoms with Crippen molar-refractivity contribution in [2.75, 3.05) is 62.4 Å². The molecule has 24 heteroatoms. The molecule has 0 aromatic heterocycles. The van der Waals surface area contributed by atoms with E-state index in [0.29, 0.717) is 13.0 Å². The maximum atomic E-state index is 15.3. The molecule has 0 aromatic rings. The first-order chi connectivity index (χ1) is 41.6. The van der Waals surface area contributed by atoms with Gasteiger partial charge in [-0.3, -0.25) is 57.5 Å². The number of carbonyl (C=O) groups excluding carboxylic acids is 12. The first-order valence-electron chi connectivity index (χ1n) is 32.9. The van der Waals surface area contributed by atoms with Gasteiger partial charge in [-0.15, -0.1) is 0 Å². The minimum atomic E-state index is -1.22. The Morgan fingerprint density at radius 1 is 0.444 bits per heavy atom. The van der Waals surface area contributed by atoms with E-state index in [1.807, 2.05) is 62.3 Å². The molecule has 0 unspecified atom stereocenters. The molecule has 0 saturated carbocycles. The predicted molar refractivity (Wildman–Crippen MR) is 349 cm³/mol. The molecule has 516 valence electrons. The van der Waals surface area contributed by atoms with E-state index in [1.165, 1.54) is 104 Å². The molecular weight excluding hydrogens is 1150 g/mol. The van der Waals surface area contributed by atoms with Crippen molar-refractivity contribution in [3.63, 3.8) is 0 Å². The molecule has 0 aromatic carbocycles. The Balaban J connectivity index is 4.26. The van der Waals surface area contributed by atoms with E-state index in [1.54, 1.807) is 34.6 Å². The second kappa shape index (κ2) is 38.5.